The maximum Gasteiger partial charge on any atom is 0.255 e. The third-order valence-corrected chi connectivity index (χ3v) is 4.63. The van der Waals surface area contributed by atoms with Crippen molar-refractivity contribution in [3.63, 3.8) is 0 Å². The number of rotatable bonds is 4. The number of carbonyl (C=O) groups excluding carboxylic acids is 2. The minimum atomic E-state index is -0.786. The van der Waals surface area contributed by atoms with E-state index >= 15 is 0 Å². The molecule has 6 nitrogen and oxygen atoms in total. The van der Waals surface area contributed by atoms with E-state index in [2.05, 4.69) is 15.6 Å². The number of nitrogens with two attached hydrogens (primary N) is 1. The largest absolute Gasteiger partial charge is 0.324 e. The number of nitrogens with zero attached hydrogens (tertiary/aromatic N) is 1. The lowest BCUT2D eigenvalue weighted by atomic mass is 9.98. The molecule has 0 unspecified atom stereocenters. The summed E-state index contributed by atoms with van der Waals surface area (Å²) in [6, 6.07) is 8.72. The zero-order chi connectivity index (χ0) is 17.9. The molecule has 1 aromatic heterocycles. The van der Waals surface area contributed by atoms with Crippen LogP contribution in [0, 0.1) is 6.92 Å². The Kier molecular flexibility index (Phi) is 4.81. The van der Waals surface area contributed by atoms with Crippen molar-refractivity contribution in [2.75, 3.05) is 10.6 Å². The fraction of sp³-hybridized carbons (Fsp3) is 0.316. The highest BCUT2D eigenvalue weighted by molar-refractivity contribution is 6.05. The molecule has 130 valence electrons. The maximum absolute atomic E-state index is 12.4. The third kappa shape index (κ3) is 3.85. The smallest absolute Gasteiger partial charge is 0.255 e. The van der Waals surface area contributed by atoms with E-state index in [0.717, 1.165) is 18.4 Å². The highest BCUT2D eigenvalue weighted by Crippen LogP contribution is 2.29. The Hall–Kier alpha value is -2.73. The van der Waals surface area contributed by atoms with Crippen molar-refractivity contribution in [1.29, 1.82) is 0 Å². The second-order valence-electron chi connectivity index (χ2n) is 6.54. The molecule has 0 atom stereocenters. The van der Waals surface area contributed by atoms with Gasteiger partial charge in [-0.15, -0.1) is 0 Å². The van der Waals surface area contributed by atoms with Crippen LogP contribution >= 0.6 is 0 Å². The summed E-state index contributed by atoms with van der Waals surface area (Å²) in [6.45, 7) is 1.90. The van der Waals surface area contributed by atoms with Crippen LogP contribution < -0.4 is 16.4 Å². The Morgan fingerprint density at radius 3 is 2.44 bits per heavy atom. The van der Waals surface area contributed by atoms with E-state index in [1.165, 1.54) is 0 Å². The molecule has 1 aliphatic rings. The monoisotopic (exact) mass is 338 g/mol. The zero-order valence-electron chi connectivity index (χ0n) is 14.2. The van der Waals surface area contributed by atoms with E-state index in [-0.39, 0.29) is 11.8 Å². The SMILES string of the molecule is Cc1ccc(NC(=O)C2(N)CCCC2)cc1NC(=O)c1ccncc1. The first-order chi connectivity index (χ1) is 12.0. The lowest BCUT2D eigenvalue weighted by Crippen LogP contribution is -2.48. The topological polar surface area (TPSA) is 97.1 Å². The molecule has 3 rings (SSSR count). The molecule has 0 spiro atoms. The van der Waals surface area contributed by atoms with Crippen molar-refractivity contribution in [3.8, 4) is 0 Å². The van der Waals surface area contributed by atoms with Crippen LogP contribution in [0.2, 0.25) is 0 Å². The number of anilines is 2. The second kappa shape index (κ2) is 7.03. The highest BCUT2D eigenvalue weighted by Gasteiger charge is 2.36. The summed E-state index contributed by atoms with van der Waals surface area (Å²) in [4.78, 5) is 28.7. The van der Waals surface area contributed by atoms with Gasteiger partial charge >= 0.3 is 0 Å². The summed E-state index contributed by atoms with van der Waals surface area (Å²) < 4.78 is 0. The fourth-order valence-electron chi connectivity index (χ4n) is 3.02. The van der Waals surface area contributed by atoms with Crippen molar-refractivity contribution in [1.82, 2.24) is 4.98 Å². The lowest BCUT2D eigenvalue weighted by molar-refractivity contribution is -0.121. The number of carbonyl (C=O) groups is 2. The summed E-state index contributed by atoms with van der Waals surface area (Å²) in [7, 11) is 0. The molecule has 25 heavy (non-hydrogen) atoms. The van der Waals surface area contributed by atoms with E-state index in [1.807, 2.05) is 19.1 Å². The molecule has 1 aliphatic carbocycles. The molecule has 1 fully saturated rings. The molecule has 1 aromatic carbocycles. The van der Waals surface area contributed by atoms with E-state index in [1.54, 1.807) is 30.6 Å². The Morgan fingerprint density at radius 2 is 1.76 bits per heavy atom. The molecule has 1 saturated carbocycles. The number of aryl methyl sites for hydroxylation is 1. The normalized spacial score (nSPS) is 15.6. The molecule has 6 heteroatoms. The first kappa shape index (κ1) is 17.1. The molecular formula is C19H22N4O2. The Bertz CT molecular complexity index is 783. The maximum atomic E-state index is 12.4. The second-order valence-corrected chi connectivity index (χ2v) is 6.54. The van der Waals surface area contributed by atoms with Crippen molar-refractivity contribution in [3.05, 3.63) is 53.9 Å². The van der Waals surface area contributed by atoms with Crippen molar-refractivity contribution in [2.45, 2.75) is 38.1 Å². The number of hydrogen-bond acceptors (Lipinski definition) is 4. The van der Waals surface area contributed by atoms with Crippen LogP contribution in [-0.4, -0.2) is 22.3 Å². The lowest BCUT2D eigenvalue weighted by Gasteiger charge is -2.22. The highest BCUT2D eigenvalue weighted by atomic mass is 16.2. The van der Waals surface area contributed by atoms with Crippen LogP contribution in [0.1, 0.15) is 41.6 Å². The minimum absolute atomic E-state index is 0.166. The number of benzene rings is 1. The number of hydrogen-bond donors (Lipinski definition) is 3. The number of pyridine rings is 1. The van der Waals surface area contributed by atoms with Gasteiger partial charge in [0.15, 0.2) is 0 Å². The molecule has 0 radical (unpaired) electrons. The van der Waals surface area contributed by atoms with Crippen LogP contribution in [0.3, 0.4) is 0 Å². The first-order valence-electron chi connectivity index (χ1n) is 8.40. The number of aromatic nitrogens is 1. The summed E-state index contributed by atoms with van der Waals surface area (Å²) in [6.07, 6.45) is 6.50. The molecule has 0 bridgehead atoms. The Balaban J connectivity index is 1.74. The third-order valence-electron chi connectivity index (χ3n) is 4.63. The van der Waals surface area contributed by atoms with Gasteiger partial charge in [0, 0.05) is 29.3 Å². The van der Waals surface area contributed by atoms with Crippen molar-refractivity contribution < 1.29 is 9.59 Å². The van der Waals surface area contributed by atoms with Crippen LogP contribution in [-0.2, 0) is 4.79 Å². The predicted molar refractivity (Wildman–Crippen MR) is 97.4 cm³/mol. The van der Waals surface area contributed by atoms with E-state index in [4.69, 9.17) is 5.73 Å². The molecule has 2 amide bonds. The molecule has 1 heterocycles. The van der Waals surface area contributed by atoms with Gasteiger partial charge < -0.3 is 16.4 Å². The van der Waals surface area contributed by atoms with Gasteiger partial charge in [0.05, 0.1) is 5.54 Å². The number of nitrogens with one attached hydrogen (secondary N) is 2. The Labute approximate surface area is 146 Å². The van der Waals surface area contributed by atoms with E-state index in [0.29, 0.717) is 29.8 Å². The van der Waals surface area contributed by atoms with Crippen LogP contribution in [0.5, 0.6) is 0 Å². The van der Waals surface area contributed by atoms with E-state index in [9.17, 15) is 9.59 Å². The average Bonchev–Trinajstić information content (AvgIpc) is 3.06. The standard InChI is InChI=1S/C19H22N4O2/c1-13-4-5-15(22-18(25)19(20)8-2-3-9-19)12-16(13)23-17(24)14-6-10-21-11-7-14/h4-7,10-12H,2-3,8-9,20H2,1H3,(H,22,25)(H,23,24). The van der Waals surface area contributed by atoms with Crippen molar-refractivity contribution >= 4 is 23.2 Å². The summed E-state index contributed by atoms with van der Waals surface area (Å²) >= 11 is 0. The van der Waals surface area contributed by atoms with Crippen LogP contribution in [0.15, 0.2) is 42.7 Å². The van der Waals surface area contributed by atoms with Gasteiger partial charge in [-0.05, 0) is 49.6 Å². The average molecular weight is 338 g/mol. The summed E-state index contributed by atoms with van der Waals surface area (Å²) in [5.41, 5.74) is 8.10. The molecule has 0 aliphatic heterocycles. The first-order valence-corrected chi connectivity index (χ1v) is 8.40. The fourth-order valence-corrected chi connectivity index (χ4v) is 3.02. The zero-order valence-corrected chi connectivity index (χ0v) is 14.2. The van der Waals surface area contributed by atoms with E-state index < -0.39 is 5.54 Å². The van der Waals surface area contributed by atoms with Gasteiger partial charge in [0.2, 0.25) is 5.91 Å². The summed E-state index contributed by atoms with van der Waals surface area (Å²) in [5, 5.41) is 5.75. The van der Waals surface area contributed by atoms with Gasteiger partial charge in [-0.2, -0.15) is 0 Å². The molecule has 2 aromatic rings. The van der Waals surface area contributed by atoms with Gasteiger partial charge in [-0.1, -0.05) is 18.9 Å². The van der Waals surface area contributed by atoms with Gasteiger partial charge in [-0.25, -0.2) is 0 Å². The van der Waals surface area contributed by atoms with Crippen LogP contribution in [0.25, 0.3) is 0 Å². The Morgan fingerprint density at radius 1 is 1.08 bits per heavy atom. The molecule has 4 N–H and O–H groups in total. The predicted octanol–water partition coefficient (Wildman–Crippen LogP) is 2.85. The van der Waals surface area contributed by atoms with Crippen LogP contribution in [0.4, 0.5) is 11.4 Å². The quantitative estimate of drug-likeness (QED) is 0.798. The van der Waals surface area contributed by atoms with Crippen molar-refractivity contribution in [2.24, 2.45) is 5.73 Å². The van der Waals surface area contributed by atoms with Gasteiger partial charge in [-0.3, -0.25) is 14.6 Å². The number of amides is 2. The van der Waals surface area contributed by atoms with Gasteiger partial charge in [0.25, 0.3) is 5.91 Å². The molecule has 0 saturated heterocycles. The van der Waals surface area contributed by atoms with Gasteiger partial charge in [0.1, 0.15) is 0 Å². The molecular weight excluding hydrogens is 316 g/mol. The minimum Gasteiger partial charge on any atom is -0.324 e. The summed E-state index contributed by atoms with van der Waals surface area (Å²) in [5.74, 6) is -0.389.